The van der Waals surface area contributed by atoms with E-state index in [-0.39, 0.29) is 54.9 Å². The molecule has 0 unspecified atom stereocenters. The number of benzene rings is 3. The van der Waals surface area contributed by atoms with E-state index in [0.29, 0.717) is 17.1 Å². The summed E-state index contributed by atoms with van der Waals surface area (Å²) < 4.78 is 39.9. The smallest absolute Gasteiger partial charge is 0.243 e. The molecule has 0 spiro atoms. The fourth-order valence-corrected chi connectivity index (χ4v) is 5.70. The van der Waals surface area contributed by atoms with E-state index in [1.807, 2.05) is 30.3 Å². The maximum Gasteiger partial charge on any atom is 0.243 e. The van der Waals surface area contributed by atoms with Crippen LogP contribution in [0.3, 0.4) is 0 Å². The first-order chi connectivity index (χ1) is 19.0. The van der Waals surface area contributed by atoms with Crippen molar-refractivity contribution in [3.05, 3.63) is 99.8 Å². The minimum atomic E-state index is -3.74. The number of rotatable bonds is 13. The van der Waals surface area contributed by atoms with Crippen LogP contribution in [-0.4, -0.2) is 50.5 Å². The Labute approximate surface area is 244 Å². The summed E-state index contributed by atoms with van der Waals surface area (Å²) in [5.41, 5.74) is 1.74. The largest absolute Gasteiger partial charge is 0.355 e. The van der Waals surface area contributed by atoms with Crippen LogP contribution in [0.15, 0.2) is 72.8 Å². The molecule has 40 heavy (non-hydrogen) atoms. The minimum absolute atomic E-state index is 0.0282. The Morgan fingerprint density at radius 3 is 2.27 bits per heavy atom. The van der Waals surface area contributed by atoms with Gasteiger partial charge in [0.2, 0.25) is 21.8 Å². The zero-order valence-corrected chi connectivity index (χ0v) is 24.6. The molecule has 3 rings (SSSR count). The molecule has 0 saturated carbocycles. The molecule has 0 bridgehead atoms. The van der Waals surface area contributed by atoms with Crippen LogP contribution < -0.4 is 9.62 Å². The van der Waals surface area contributed by atoms with Crippen molar-refractivity contribution in [2.75, 3.05) is 23.7 Å². The lowest BCUT2D eigenvalue weighted by atomic mass is 10.0. The molecule has 214 valence electrons. The van der Waals surface area contributed by atoms with Crippen LogP contribution in [0.2, 0.25) is 10.0 Å². The third-order valence-electron chi connectivity index (χ3n) is 6.22. The van der Waals surface area contributed by atoms with Crippen LogP contribution in [0.25, 0.3) is 0 Å². The lowest BCUT2D eigenvalue weighted by Crippen LogP contribution is -2.50. The molecule has 3 aromatic carbocycles. The molecule has 1 N–H and O–H groups in total. The highest BCUT2D eigenvalue weighted by Crippen LogP contribution is 2.31. The van der Waals surface area contributed by atoms with Crippen molar-refractivity contribution in [2.45, 2.75) is 38.8 Å². The SMILES string of the molecule is CCNC(=O)[C@H](Cc1ccccc1)N(Cc1ccc(F)cc1)C(=O)CCCN(c1cc(Cl)ccc1Cl)S(C)(=O)=O. The van der Waals surface area contributed by atoms with Gasteiger partial charge in [-0.25, -0.2) is 12.8 Å². The van der Waals surface area contributed by atoms with Gasteiger partial charge >= 0.3 is 0 Å². The fraction of sp³-hybridized carbons (Fsp3) is 0.310. The summed E-state index contributed by atoms with van der Waals surface area (Å²) in [5.74, 6) is -1.07. The Morgan fingerprint density at radius 1 is 0.975 bits per heavy atom. The first kappa shape index (κ1) is 31.4. The van der Waals surface area contributed by atoms with Gasteiger partial charge in [0.15, 0.2) is 0 Å². The number of carbonyl (C=O) groups excluding carboxylic acids is 2. The van der Waals surface area contributed by atoms with E-state index in [1.54, 1.807) is 25.1 Å². The Hall–Kier alpha value is -3.14. The molecule has 0 aliphatic carbocycles. The molecule has 0 saturated heterocycles. The number of sulfonamides is 1. The number of anilines is 1. The van der Waals surface area contributed by atoms with E-state index in [9.17, 15) is 22.4 Å². The zero-order chi connectivity index (χ0) is 29.3. The zero-order valence-electron chi connectivity index (χ0n) is 22.3. The summed E-state index contributed by atoms with van der Waals surface area (Å²) in [6, 6.07) is 18.8. The van der Waals surface area contributed by atoms with Gasteiger partial charge < -0.3 is 10.2 Å². The minimum Gasteiger partial charge on any atom is -0.355 e. The number of hydrogen-bond acceptors (Lipinski definition) is 4. The van der Waals surface area contributed by atoms with Gasteiger partial charge in [-0.15, -0.1) is 0 Å². The third-order valence-corrected chi connectivity index (χ3v) is 7.95. The van der Waals surface area contributed by atoms with Gasteiger partial charge in [0.05, 0.1) is 17.0 Å². The molecule has 2 amide bonds. The summed E-state index contributed by atoms with van der Waals surface area (Å²) >= 11 is 12.3. The molecule has 0 aromatic heterocycles. The second-order valence-corrected chi connectivity index (χ2v) is 12.0. The van der Waals surface area contributed by atoms with Crippen molar-refractivity contribution in [3.8, 4) is 0 Å². The molecule has 0 aliphatic rings. The van der Waals surface area contributed by atoms with Gasteiger partial charge in [0.1, 0.15) is 11.9 Å². The summed E-state index contributed by atoms with van der Waals surface area (Å²) in [6.45, 7) is 2.22. The fourth-order valence-electron chi connectivity index (χ4n) is 4.29. The number of hydrogen-bond donors (Lipinski definition) is 1. The molecule has 3 aromatic rings. The number of likely N-dealkylation sites (N-methyl/N-ethyl adjacent to an activating group) is 1. The Balaban J connectivity index is 1.87. The molecule has 0 radical (unpaired) electrons. The number of carbonyl (C=O) groups is 2. The van der Waals surface area contributed by atoms with E-state index >= 15 is 0 Å². The Kier molecular flexibility index (Phi) is 11.4. The van der Waals surface area contributed by atoms with Crippen molar-refractivity contribution in [2.24, 2.45) is 0 Å². The predicted molar refractivity (Wildman–Crippen MR) is 157 cm³/mol. The Morgan fingerprint density at radius 2 is 1.65 bits per heavy atom. The molecular weight excluding hydrogens is 576 g/mol. The predicted octanol–water partition coefficient (Wildman–Crippen LogP) is 5.45. The van der Waals surface area contributed by atoms with Gasteiger partial charge in [-0.1, -0.05) is 65.7 Å². The quantitative estimate of drug-likeness (QED) is 0.280. The van der Waals surface area contributed by atoms with Crippen LogP contribution in [0.5, 0.6) is 0 Å². The lowest BCUT2D eigenvalue weighted by molar-refractivity contribution is -0.141. The average molecular weight is 609 g/mol. The number of halogens is 3. The molecule has 7 nitrogen and oxygen atoms in total. The van der Waals surface area contributed by atoms with Crippen molar-refractivity contribution in [3.63, 3.8) is 0 Å². The van der Waals surface area contributed by atoms with E-state index < -0.39 is 21.9 Å². The van der Waals surface area contributed by atoms with Crippen molar-refractivity contribution in [1.82, 2.24) is 10.2 Å². The maximum atomic E-state index is 13.7. The van der Waals surface area contributed by atoms with Gasteiger partial charge in [0, 0.05) is 37.5 Å². The number of amides is 2. The number of nitrogens with one attached hydrogen (secondary N) is 1. The summed E-state index contributed by atoms with van der Waals surface area (Å²) in [5, 5.41) is 3.34. The van der Waals surface area contributed by atoms with E-state index in [1.165, 1.54) is 29.2 Å². The highest BCUT2D eigenvalue weighted by atomic mass is 35.5. The highest BCUT2D eigenvalue weighted by Gasteiger charge is 2.30. The average Bonchev–Trinajstić information content (AvgIpc) is 2.91. The first-order valence-electron chi connectivity index (χ1n) is 12.8. The van der Waals surface area contributed by atoms with Crippen molar-refractivity contribution < 1.29 is 22.4 Å². The Bertz CT molecular complexity index is 1410. The molecule has 0 fully saturated rings. The molecule has 0 heterocycles. The second kappa shape index (κ2) is 14.5. The number of nitrogens with zero attached hydrogens (tertiary/aromatic N) is 2. The molecule has 1 atom stereocenters. The van der Waals surface area contributed by atoms with Crippen molar-refractivity contribution >= 4 is 50.7 Å². The molecule has 0 aliphatic heterocycles. The van der Waals surface area contributed by atoms with Gasteiger partial charge in [-0.05, 0) is 54.8 Å². The maximum absolute atomic E-state index is 13.7. The van der Waals surface area contributed by atoms with E-state index in [2.05, 4.69) is 5.32 Å². The van der Waals surface area contributed by atoms with Crippen LogP contribution >= 0.6 is 23.2 Å². The third kappa shape index (κ3) is 8.94. The van der Waals surface area contributed by atoms with Gasteiger partial charge in [0.25, 0.3) is 0 Å². The van der Waals surface area contributed by atoms with Crippen LogP contribution in [0.4, 0.5) is 10.1 Å². The van der Waals surface area contributed by atoms with E-state index in [4.69, 9.17) is 23.2 Å². The standard InChI is InChI=1S/C29H32Cl2FN3O4S/c1-3-33-29(37)27(18-21-8-5-4-6-9-21)34(20-22-11-14-24(32)15-12-22)28(36)10-7-17-35(40(2,38)39)26-19-23(30)13-16-25(26)31/h4-6,8-9,11-16,19,27H,3,7,10,17-18,20H2,1-2H3,(H,33,37)/t27-/m0/s1. The second-order valence-electron chi connectivity index (χ2n) is 9.28. The van der Waals surface area contributed by atoms with Gasteiger partial charge in [-0.2, -0.15) is 0 Å². The first-order valence-corrected chi connectivity index (χ1v) is 15.4. The van der Waals surface area contributed by atoms with Crippen LogP contribution in [-0.2, 0) is 32.6 Å². The van der Waals surface area contributed by atoms with E-state index in [0.717, 1.165) is 16.1 Å². The van der Waals surface area contributed by atoms with Crippen molar-refractivity contribution in [1.29, 1.82) is 0 Å². The van der Waals surface area contributed by atoms with Crippen LogP contribution in [0, 0.1) is 5.82 Å². The summed E-state index contributed by atoms with van der Waals surface area (Å²) in [7, 11) is -3.74. The lowest BCUT2D eigenvalue weighted by Gasteiger charge is -2.32. The normalized spacial score (nSPS) is 12.0. The monoisotopic (exact) mass is 607 g/mol. The topological polar surface area (TPSA) is 86.8 Å². The van der Waals surface area contributed by atoms with Gasteiger partial charge in [-0.3, -0.25) is 13.9 Å². The summed E-state index contributed by atoms with van der Waals surface area (Å²) in [6.07, 6.45) is 1.43. The summed E-state index contributed by atoms with van der Waals surface area (Å²) in [4.78, 5) is 28.4. The highest BCUT2D eigenvalue weighted by molar-refractivity contribution is 7.92. The molecule has 11 heteroatoms. The molecular formula is C29H32Cl2FN3O4S. The van der Waals surface area contributed by atoms with Crippen LogP contribution in [0.1, 0.15) is 30.9 Å².